The van der Waals surface area contributed by atoms with E-state index in [1.165, 1.54) is 54.7 Å². The lowest BCUT2D eigenvalue weighted by Gasteiger charge is -2.27. The summed E-state index contributed by atoms with van der Waals surface area (Å²) in [5.41, 5.74) is 4.52. The number of unbranched alkanes of at least 4 members (excludes halogenated alkanes) is 1. The summed E-state index contributed by atoms with van der Waals surface area (Å²) < 4.78 is 30.1. The Morgan fingerprint density at radius 1 is 0.927 bits per heavy atom. The second-order valence-electron chi connectivity index (χ2n) is 10.8. The molecule has 7 heteroatoms. The van der Waals surface area contributed by atoms with Crippen LogP contribution in [-0.4, -0.2) is 44.9 Å². The zero-order valence-electron chi connectivity index (χ0n) is 23.7. The van der Waals surface area contributed by atoms with Gasteiger partial charge in [-0.25, -0.2) is 13.8 Å². The van der Waals surface area contributed by atoms with Crippen molar-refractivity contribution in [2.24, 2.45) is 0 Å². The lowest BCUT2D eigenvalue weighted by molar-refractivity contribution is -0.126. The van der Waals surface area contributed by atoms with E-state index >= 15 is 0 Å². The molecule has 2 heterocycles. The van der Waals surface area contributed by atoms with E-state index in [2.05, 4.69) is 46.7 Å². The average Bonchev–Trinajstić information content (AvgIpc) is 3.34. The molecule has 41 heavy (non-hydrogen) atoms. The van der Waals surface area contributed by atoms with Crippen LogP contribution in [0, 0.1) is 11.6 Å². The molecule has 0 radical (unpaired) electrons. The van der Waals surface area contributed by atoms with Crippen LogP contribution in [0.5, 0.6) is 0 Å². The second kappa shape index (κ2) is 13.7. The third-order valence-corrected chi connectivity index (χ3v) is 7.84. The van der Waals surface area contributed by atoms with Gasteiger partial charge in [-0.05, 0) is 67.8 Å². The Morgan fingerprint density at radius 2 is 1.66 bits per heavy atom. The number of imidazole rings is 1. The maximum absolute atomic E-state index is 14.2. The van der Waals surface area contributed by atoms with Gasteiger partial charge in [0.1, 0.15) is 5.82 Å². The molecule has 1 fully saturated rings. The zero-order valence-corrected chi connectivity index (χ0v) is 23.7. The molecule has 5 rings (SSSR count). The van der Waals surface area contributed by atoms with Gasteiger partial charge in [0, 0.05) is 31.3 Å². The molecule has 214 valence electrons. The highest BCUT2D eigenvalue weighted by atomic mass is 19.2. The summed E-state index contributed by atoms with van der Waals surface area (Å²) in [6.45, 7) is 6.79. The first-order valence-corrected chi connectivity index (χ1v) is 14.7. The van der Waals surface area contributed by atoms with Gasteiger partial charge in [-0.2, -0.15) is 0 Å². The number of hydrogen-bond acceptors (Lipinski definition) is 3. The normalized spacial score (nSPS) is 14.2. The smallest absolute Gasteiger partial charge is 0.246 e. The van der Waals surface area contributed by atoms with Crippen molar-refractivity contribution in [3.05, 3.63) is 107 Å². The number of amides is 1. The number of halogens is 2. The number of nitrogens with zero attached hydrogens (tertiary/aromatic N) is 4. The quantitative estimate of drug-likeness (QED) is 0.184. The Balaban J connectivity index is 1.43. The molecule has 0 unspecified atom stereocenters. The predicted octanol–water partition coefficient (Wildman–Crippen LogP) is 7.19. The fourth-order valence-electron chi connectivity index (χ4n) is 5.52. The minimum Gasteiger partial charge on any atom is -0.332 e. The lowest BCUT2D eigenvalue weighted by atomic mass is 10.0. The van der Waals surface area contributed by atoms with Crippen molar-refractivity contribution in [3.63, 3.8) is 0 Å². The monoisotopic (exact) mass is 556 g/mol. The summed E-state index contributed by atoms with van der Waals surface area (Å²) in [6, 6.07) is 20.6. The number of fused-ring (bicyclic) bond motifs is 1. The van der Waals surface area contributed by atoms with E-state index in [0.29, 0.717) is 19.6 Å². The molecule has 1 amide bonds. The van der Waals surface area contributed by atoms with Crippen LogP contribution in [0.4, 0.5) is 8.78 Å². The third kappa shape index (κ3) is 7.09. The maximum atomic E-state index is 14.2. The summed E-state index contributed by atoms with van der Waals surface area (Å²) in [7, 11) is 0. The van der Waals surface area contributed by atoms with Gasteiger partial charge < -0.3 is 9.47 Å². The van der Waals surface area contributed by atoms with E-state index in [1.54, 1.807) is 4.90 Å². The number of rotatable bonds is 11. The van der Waals surface area contributed by atoms with Gasteiger partial charge in [-0.15, -0.1) is 0 Å². The van der Waals surface area contributed by atoms with Crippen molar-refractivity contribution in [1.29, 1.82) is 0 Å². The number of benzene rings is 3. The first-order chi connectivity index (χ1) is 20.0. The molecule has 4 aromatic rings. The molecule has 0 bridgehead atoms. The third-order valence-electron chi connectivity index (χ3n) is 7.84. The number of hydrogen-bond donors (Lipinski definition) is 0. The van der Waals surface area contributed by atoms with Crippen molar-refractivity contribution < 1.29 is 13.6 Å². The van der Waals surface area contributed by atoms with E-state index in [9.17, 15) is 13.6 Å². The SMILES string of the molecule is CCCCN(Cc1nc2ccccc2n1Cc1ccccc1CN1CCCCC1)C(=O)/C=C/c1cccc(F)c1F. The van der Waals surface area contributed by atoms with Gasteiger partial charge in [-0.3, -0.25) is 9.69 Å². The van der Waals surface area contributed by atoms with Crippen LogP contribution in [0.2, 0.25) is 0 Å². The molecule has 5 nitrogen and oxygen atoms in total. The van der Waals surface area contributed by atoms with Gasteiger partial charge >= 0.3 is 0 Å². The van der Waals surface area contributed by atoms with E-state index in [-0.39, 0.29) is 11.5 Å². The van der Waals surface area contributed by atoms with Gasteiger partial charge in [0.05, 0.1) is 17.6 Å². The van der Waals surface area contributed by atoms with Gasteiger partial charge in [0.2, 0.25) is 5.91 Å². The molecule has 3 aromatic carbocycles. The van der Waals surface area contributed by atoms with Crippen molar-refractivity contribution >= 4 is 23.0 Å². The number of likely N-dealkylation sites (tertiary alicyclic amines) is 1. The lowest BCUT2D eigenvalue weighted by Crippen LogP contribution is -2.31. The zero-order chi connectivity index (χ0) is 28.6. The van der Waals surface area contributed by atoms with Gasteiger partial charge in [0.25, 0.3) is 0 Å². The molecule has 1 aliphatic heterocycles. The van der Waals surface area contributed by atoms with E-state index in [4.69, 9.17) is 4.98 Å². The molecular weight excluding hydrogens is 518 g/mol. The second-order valence-corrected chi connectivity index (χ2v) is 10.8. The predicted molar refractivity (Wildman–Crippen MR) is 160 cm³/mol. The number of para-hydroxylation sites is 2. The Hall–Kier alpha value is -3.84. The minimum absolute atomic E-state index is 0.0475. The van der Waals surface area contributed by atoms with E-state index < -0.39 is 11.6 Å². The topological polar surface area (TPSA) is 41.4 Å². The van der Waals surface area contributed by atoms with E-state index in [0.717, 1.165) is 55.4 Å². The molecular formula is C34H38F2N4O. The standard InChI is InChI=1S/C34H38F2N4O/c1-2-3-22-39(33(41)19-18-26-14-11-15-29(35)34(26)36)25-32-37-30-16-7-8-17-31(30)40(32)24-28-13-6-5-12-27(28)23-38-20-9-4-10-21-38/h5-8,11-19H,2-4,9-10,20-25H2,1H3/b19-18+. The number of aromatic nitrogens is 2. The van der Waals surface area contributed by atoms with Crippen LogP contribution in [0.15, 0.2) is 72.8 Å². The first-order valence-electron chi connectivity index (χ1n) is 14.7. The summed E-state index contributed by atoms with van der Waals surface area (Å²) in [6.07, 6.45) is 8.23. The largest absolute Gasteiger partial charge is 0.332 e. The highest BCUT2D eigenvalue weighted by Crippen LogP contribution is 2.23. The molecule has 0 atom stereocenters. The maximum Gasteiger partial charge on any atom is 0.246 e. The summed E-state index contributed by atoms with van der Waals surface area (Å²) >= 11 is 0. The molecule has 0 N–H and O–H groups in total. The summed E-state index contributed by atoms with van der Waals surface area (Å²) in [4.78, 5) is 22.6. The Bertz CT molecular complexity index is 1510. The molecule has 0 aliphatic carbocycles. The van der Waals surface area contributed by atoms with Crippen LogP contribution < -0.4 is 0 Å². The Morgan fingerprint density at radius 3 is 2.44 bits per heavy atom. The number of carbonyl (C=O) groups is 1. The number of carbonyl (C=O) groups excluding carboxylic acids is 1. The van der Waals surface area contributed by atoms with Gasteiger partial charge in [0.15, 0.2) is 11.6 Å². The fourth-order valence-corrected chi connectivity index (χ4v) is 5.52. The molecule has 0 spiro atoms. The Kier molecular flexibility index (Phi) is 9.57. The number of piperidine rings is 1. The van der Waals surface area contributed by atoms with Gasteiger partial charge in [-0.1, -0.05) is 68.3 Å². The minimum atomic E-state index is -0.957. The van der Waals surface area contributed by atoms with Crippen LogP contribution in [0.3, 0.4) is 0 Å². The molecule has 1 aromatic heterocycles. The molecule has 1 aliphatic rings. The van der Waals surface area contributed by atoms with Crippen LogP contribution in [0.1, 0.15) is 61.5 Å². The Labute approximate surface area is 241 Å². The first kappa shape index (κ1) is 28.7. The molecule has 1 saturated heterocycles. The molecule has 0 saturated carbocycles. The van der Waals surface area contributed by atoms with Crippen LogP contribution >= 0.6 is 0 Å². The van der Waals surface area contributed by atoms with Crippen LogP contribution in [0.25, 0.3) is 17.1 Å². The fraction of sp³-hybridized carbons (Fsp3) is 0.353. The van der Waals surface area contributed by atoms with Crippen LogP contribution in [-0.2, 0) is 24.4 Å². The summed E-state index contributed by atoms with van der Waals surface area (Å²) in [5, 5.41) is 0. The highest BCUT2D eigenvalue weighted by Gasteiger charge is 2.19. The van der Waals surface area contributed by atoms with E-state index in [1.807, 2.05) is 18.2 Å². The van der Waals surface area contributed by atoms with Crippen molar-refractivity contribution in [3.8, 4) is 0 Å². The van der Waals surface area contributed by atoms with Crippen molar-refractivity contribution in [2.75, 3.05) is 19.6 Å². The highest BCUT2D eigenvalue weighted by molar-refractivity contribution is 5.91. The van der Waals surface area contributed by atoms with Crippen molar-refractivity contribution in [1.82, 2.24) is 19.4 Å². The van der Waals surface area contributed by atoms with Crippen molar-refractivity contribution in [2.45, 2.75) is 58.7 Å². The summed E-state index contributed by atoms with van der Waals surface area (Å²) in [5.74, 6) is -1.35. The average molecular weight is 557 g/mol.